The molecular formula is C14H11ClFN5. The van der Waals surface area contributed by atoms with Crippen LogP contribution in [0.2, 0.25) is 5.02 Å². The highest BCUT2D eigenvalue weighted by molar-refractivity contribution is 6.30. The zero-order chi connectivity index (χ0) is 14.7. The van der Waals surface area contributed by atoms with Crippen molar-refractivity contribution in [2.45, 2.75) is 6.54 Å². The minimum Gasteiger partial charge on any atom is -0.375 e. The minimum atomic E-state index is -0.377. The molecule has 0 aliphatic heterocycles. The molecule has 106 valence electrons. The molecule has 7 heteroatoms. The molecule has 0 radical (unpaired) electrons. The van der Waals surface area contributed by atoms with Crippen molar-refractivity contribution < 1.29 is 4.39 Å². The molecule has 0 amide bonds. The first kappa shape index (κ1) is 13.5. The van der Waals surface area contributed by atoms with Gasteiger partial charge in [0.2, 0.25) is 0 Å². The molecule has 0 atom stereocenters. The Bertz CT molecular complexity index is 744. The van der Waals surface area contributed by atoms with Crippen LogP contribution in [-0.2, 0) is 6.54 Å². The zero-order valence-corrected chi connectivity index (χ0v) is 11.6. The SMILES string of the molecule is Fc1ccc(Cl)cc1NCc1nnnn1-c1ccccc1. The predicted octanol–water partition coefficient (Wildman–Crippen LogP) is 3.07. The predicted molar refractivity (Wildman–Crippen MR) is 77.9 cm³/mol. The summed E-state index contributed by atoms with van der Waals surface area (Å²) >= 11 is 5.85. The van der Waals surface area contributed by atoms with Crippen molar-refractivity contribution >= 4 is 17.3 Å². The van der Waals surface area contributed by atoms with Crippen LogP contribution in [0.5, 0.6) is 0 Å². The third-order valence-electron chi connectivity index (χ3n) is 2.90. The molecule has 1 N–H and O–H groups in total. The molecule has 0 unspecified atom stereocenters. The standard InChI is InChI=1S/C14H11ClFN5/c15-10-6-7-12(16)13(8-10)17-9-14-18-19-20-21(14)11-4-2-1-3-5-11/h1-8,17H,9H2. The fraction of sp³-hybridized carbons (Fsp3) is 0.0714. The van der Waals surface area contributed by atoms with Crippen LogP contribution in [-0.4, -0.2) is 20.2 Å². The first-order valence-electron chi connectivity index (χ1n) is 6.25. The third-order valence-corrected chi connectivity index (χ3v) is 3.14. The first-order chi connectivity index (χ1) is 10.2. The molecule has 0 bridgehead atoms. The molecule has 3 aromatic rings. The molecule has 1 aromatic heterocycles. The number of hydrogen-bond acceptors (Lipinski definition) is 4. The number of rotatable bonds is 4. The van der Waals surface area contributed by atoms with Gasteiger partial charge in [0.05, 0.1) is 17.9 Å². The van der Waals surface area contributed by atoms with Crippen molar-refractivity contribution in [2.75, 3.05) is 5.32 Å². The molecule has 3 rings (SSSR count). The van der Waals surface area contributed by atoms with E-state index in [0.717, 1.165) is 5.69 Å². The summed E-state index contributed by atoms with van der Waals surface area (Å²) in [7, 11) is 0. The molecule has 1 heterocycles. The summed E-state index contributed by atoms with van der Waals surface area (Å²) in [5.41, 5.74) is 1.15. The van der Waals surface area contributed by atoms with Crippen LogP contribution >= 0.6 is 11.6 Å². The van der Waals surface area contributed by atoms with E-state index in [0.29, 0.717) is 16.5 Å². The van der Waals surface area contributed by atoms with E-state index >= 15 is 0 Å². The van der Waals surface area contributed by atoms with Crippen molar-refractivity contribution in [1.29, 1.82) is 0 Å². The maximum Gasteiger partial charge on any atom is 0.175 e. The molecule has 0 spiro atoms. The van der Waals surface area contributed by atoms with E-state index in [1.54, 1.807) is 4.68 Å². The zero-order valence-electron chi connectivity index (χ0n) is 10.9. The first-order valence-corrected chi connectivity index (χ1v) is 6.63. The number of nitrogens with zero attached hydrogens (tertiary/aromatic N) is 4. The highest BCUT2D eigenvalue weighted by Gasteiger charge is 2.09. The van der Waals surface area contributed by atoms with Gasteiger partial charge in [-0.15, -0.1) is 5.10 Å². The number of nitrogens with one attached hydrogen (secondary N) is 1. The quantitative estimate of drug-likeness (QED) is 0.805. The molecule has 5 nitrogen and oxygen atoms in total. The van der Waals surface area contributed by atoms with Gasteiger partial charge in [-0.1, -0.05) is 29.8 Å². The Morgan fingerprint density at radius 2 is 1.95 bits per heavy atom. The van der Waals surface area contributed by atoms with E-state index < -0.39 is 0 Å². The van der Waals surface area contributed by atoms with E-state index in [9.17, 15) is 4.39 Å². The highest BCUT2D eigenvalue weighted by Crippen LogP contribution is 2.20. The van der Waals surface area contributed by atoms with Crippen LogP contribution in [0.25, 0.3) is 5.69 Å². The van der Waals surface area contributed by atoms with Crippen LogP contribution < -0.4 is 5.32 Å². The van der Waals surface area contributed by atoms with Gasteiger partial charge < -0.3 is 5.32 Å². The van der Waals surface area contributed by atoms with Crippen LogP contribution in [0.4, 0.5) is 10.1 Å². The Hall–Kier alpha value is -2.47. The number of para-hydroxylation sites is 1. The molecular weight excluding hydrogens is 293 g/mol. The van der Waals surface area contributed by atoms with Gasteiger partial charge in [0.1, 0.15) is 5.82 Å². The van der Waals surface area contributed by atoms with Crippen molar-refractivity contribution in [1.82, 2.24) is 20.2 Å². The average Bonchev–Trinajstić information content (AvgIpc) is 2.97. The molecule has 2 aromatic carbocycles. The second-order valence-electron chi connectivity index (χ2n) is 4.32. The number of benzene rings is 2. The van der Waals surface area contributed by atoms with Gasteiger partial charge in [-0.2, -0.15) is 4.68 Å². The van der Waals surface area contributed by atoms with E-state index in [4.69, 9.17) is 11.6 Å². The van der Waals surface area contributed by atoms with Crippen LogP contribution in [0.15, 0.2) is 48.5 Å². The molecule has 0 aliphatic rings. The number of tetrazole rings is 1. The molecule has 0 aliphatic carbocycles. The van der Waals surface area contributed by atoms with Crippen LogP contribution in [0.3, 0.4) is 0 Å². The largest absolute Gasteiger partial charge is 0.375 e. The lowest BCUT2D eigenvalue weighted by atomic mass is 10.3. The summed E-state index contributed by atoms with van der Waals surface area (Å²) in [5.74, 6) is 0.193. The lowest BCUT2D eigenvalue weighted by molar-refractivity contribution is 0.629. The minimum absolute atomic E-state index is 0.277. The van der Waals surface area contributed by atoms with Gasteiger partial charge in [-0.3, -0.25) is 0 Å². The Morgan fingerprint density at radius 1 is 1.14 bits per heavy atom. The van der Waals surface area contributed by atoms with Gasteiger partial charge in [0.25, 0.3) is 0 Å². The van der Waals surface area contributed by atoms with Crippen molar-refractivity contribution in [3.63, 3.8) is 0 Å². The maximum absolute atomic E-state index is 13.6. The molecule has 21 heavy (non-hydrogen) atoms. The Balaban J connectivity index is 1.81. The Labute approximate surface area is 125 Å². The van der Waals surface area contributed by atoms with Gasteiger partial charge in [-0.25, -0.2) is 4.39 Å². The summed E-state index contributed by atoms with van der Waals surface area (Å²) in [6.07, 6.45) is 0. The van der Waals surface area contributed by atoms with Gasteiger partial charge in [0, 0.05) is 5.02 Å². The van der Waals surface area contributed by atoms with E-state index in [2.05, 4.69) is 20.8 Å². The van der Waals surface area contributed by atoms with Crippen LogP contribution in [0, 0.1) is 5.82 Å². The monoisotopic (exact) mass is 303 g/mol. The van der Waals surface area contributed by atoms with E-state index in [1.165, 1.54) is 18.2 Å². The molecule has 0 saturated heterocycles. The van der Waals surface area contributed by atoms with Crippen molar-refractivity contribution in [3.8, 4) is 5.69 Å². The van der Waals surface area contributed by atoms with E-state index in [-0.39, 0.29) is 12.4 Å². The summed E-state index contributed by atoms with van der Waals surface area (Å²) in [4.78, 5) is 0. The number of anilines is 1. The summed E-state index contributed by atoms with van der Waals surface area (Å²) in [5, 5.41) is 14.9. The second kappa shape index (κ2) is 5.88. The lowest BCUT2D eigenvalue weighted by Crippen LogP contribution is -2.09. The number of aromatic nitrogens is 4. The molecule has 0 fully saturated rings. The summed E-state index contributed by atoms with van der Waals surface area (Å²) in [6.45, 7) is 0.277. The normalized spacial score (nSPS) is 10.6. The molecule has 0 saturated carbocycles. The summed E-state index contributed by atoms with van der Waals surface area (Å²) < 4.78 is 15.2. The van der Waals surface area contributed by atoms with Crippen molar-refractivity contribution in [3.05, 3.63) is 65.2 Å². The Kier molecular flexibility index (Phi) is 3.79. The van der Waals surface area contributed by atoms with Gasteiger partial charge in [0.15, 0.2) is 5.82 Å². The number of halogens is 2. The Morgan fingerprint density at radius 3 is 2.76 bits per heavy atom. The number of hydrogen-bond donors (Lipinski definition) is 1. The summed E-state index contributed by atoms with van der Waals surface area (Å²) in [6, 6.07) is 13.8. The van der Waals surface area contributed by atoms with Crippen molar-refractivity contribution in [2.24, 2.45) is 0 Å². The smallest absolute Gasteiger partial charge is 0.175 e. The lowest BCUT2D eigenvalue weighted by Gasteiger charge is -2.08. The third kappa shape index (κ3) is 3.00. The highest BCUT2D eigenvalue weighted by atomic mass is 35.5. The van der Waals surface area contributed by atoms with Gasteiger partial charge >= 0.3 is 0 Å². The maximum atomic E-state index is 13.6. The van der Waals surface area contributed by atoms with Crippen LogP contribution in [0.1, 0.15) is 5.82 Å². The van der Waals surface area contributed by atoms with Gasteiger partial charge in [-0.05, 0) is 40.8 Å². The van der Waals surface area contributed by atoms with E-state index in [1.807, 2.05) is 30.3 Å². The average molecular weight is 304 g/mol. The topological polar surface area (TPSA) is 55.6 Å². The second-order valence-corrected chi connectivity index (χ2v) is 4.76. The fourth-order valence-electron chi connectivity index (χ4n) is 1.89. The fourth-order valence-corrected chi connectivity index (χ4v) is 2.07.